The number of nitrogens with one attached hydrogen (secondary N) is 2. The van der Waals surface area contributed by atoms with E-state index in [2.05, 4.69) is 45.0 Å². The molecule has 138 valence electrons. The van der Waals surface area contributed by atoms with E-state index in [1.165, 1.54) is 4.88 Å². The van der Waals surface area contributed by atoms with Gasteiger partial charge in [-0.2, -0.15) is 0 Å². The predicted molar refractivity (Wildman–Crippen MR) is 115 cm³/mol. The summed E-state index contributed by atoms with van der Waals surface area (Å²) in [5, 5.41) is 8.28. The van der Waals surface area contributed by atoms with Crippen molar-refractivity contribution in [2.45, 2.75) is 34.1 Å². The van der Waals surface area contributed by atoms with Crippen molar-refractivity contribution in [3.8, 4) is 0 Å². The van der Waals surface area contributed by atoms with Crippen LogP contribution in [-0.2, 0) is 11.2 Å². The van der Waals surface area contributed by atoms with Crippen LogP contribution in [-0.4, -0.2) is 50.0 Å². The molecule has 0 aromatic carbocycles. The second-order valence-electron chi connectivity index (χ2n) is 6.16. The van der Waals surface area contributed by atoms with Gasteiger partial charge >= 0.3 is 0 Å². The monoisotopic (exact) mass is 466 g/mol. The lowest BCUT2D eigenvalue weighted by molar-refractivity contribution is -0.128. The Morgan fingerprint density at radius 2 is 1.96 bits per heavy atom. The van der Waals surface area contributed by atoms with Crippen LogP contribution >= 0.6 is 35.3 Å². The number of hydrogen-bond donors (Lipinski definition) is 2. The molecule has 0 aliphatic rings. The van der Waals surface area contributed by atoms with Crippen LogP contribution in [0, 0.1) is 5.41 Å². The Hall–Kier alpha value is -0.830. The summed E-state index contributed by atoms with van der Waals surface area (Å²) in [6, 6.07) is 4.23. The zero-order valence-corrected chi connectivity index (χ0v) is 18.5. The van der Waals surface area contributed by atoms with E-state index in [-0.39, 0.29) is 29.9 Å². The number of guanidine groups is 1. The van der Waals surface area contributed by atoms with Gasteiger partial charge in [0.2, 0.25) is 5.91 Å². The molecule has 0 unspecified atom stereocenters. The van der Waals surface area contributed by atoms with E-state index in [4.69, 9.17) is 0 Å². The standard InChI is InChI=1S/C17H30N4OS.HI/c1-6-18-15(22)17(3,4)13-20-16(19-7-2)21(5)11-10-14-9-8-12-23-14;/h8-9,12H,6-7,10-11,13H2,1-5H3,(H,18,22)(H,19,20);1H. The fourth-order valence-electron chi connectivity index (χ4n) is 2.05. The number of nitrogens with zero attached hydrogens (tertiary/aromatic N) is 2. The number of amides is 1. The van der Waals surface area contributed by atoms with Crippen LogP contribution in [0.3, 0.4) is 0 Å². The topological polar surface area (TPSA) is 56.7 Å². The molecule has 0 aliphatic carbocycles. The molecule has 0 spiro atoms. The van der Waals surface area contributed by atoms with Gasteiger partial charge in [-0.05, 0) is 45.6 Å². The summed E-state index contributed by atoms with van der Waals surface area (Å²) >= 11 is 1.78. The lowest BCUT2D eigenvalue weighted by atomic mass is 9.92. The quantitative estimate of drug-likeness (QED) is 0.352. The number of likely N-dealkylation sites (N-methyl/N-ethyl adjacent to an activating group) is 1. The normalized spacial score (nSPS) is 11.6. The van der Waals surface area contributed by atoms with E-state index in [1.54, 1.807) is 11.3 Å². The Bertz CT molecular complexity index is 503. The number of thiophene rings is 1. The van der Waals surface area contributed by atoms with E-state index in [0.29, 0.717) is 13.1 Å². The second-order valence-corrected chi connectivity index (χ2v) is 7.20. The summed E-state index contributed by atoms with van der Waals surface area (Å²) < 4.78 is 0. The SMILES string of the molecule is CCNC(=O)C(C)(C)CN=C(NCC)N(C)CCc1cccs1.I. The maximum Gasteiger partial charge on any atom is 0.227 e. The Kier molecular flexibility index (Phi) is 11.3. The molecular formula is C17H31IN4OS. The highest BCUT2D eigenvalue weighted by Crippen LogP contribution is 2.16. The van der Waals surface area contributed by atoms with Crippen molar-refractivity contribution >= 4 is 47.2 Å². The summed E-state index contributed by atoms with van der Waals surface area (Å²) in [5.41, 5.74) is -0.509. The summed E-state index contributed by atoms with van der Waals surface area (Å²) in [7, 11) is 2.04. The first-order valence-corrected chi connectivity index (χ1v) is 9.08. The van der Waals surface area contributed by atoms with Gasteiger partial charge in [-0.25, -0.2) is 0 Å². The van der Waals surface area contributed by atoms with Crippen LogP contribution in [0.2, 0.25) is 0 Å². The van der Waals surface area contributed by atoms with Crippen LogP contribution in [0.15, 0.2) is 22.5 Å². The van der Waals surface area contributed by atoms with Crippen molar-refractivity contribution in [3.05, 3.63) is 22.4 Å². The first kappa shape index (κ1) is 23.2. The van der Waals surface area contributed by atoms with E-state index in [0.717, 1.165) is 25.5 Å². The maximum atomic E-state index is 12.1. The highest BCUT2D eigenvalue weighted by Gasteiger charge is 2.27. The molecule has 0 radical (unpaired) electrons. The zero-order valence-electron chi connectivity index (χ0n) is 15.4. The van der Waals surface area contributed by atoms with Crippen LogP contribution in [0.4, 0.5) is 0 Å². The van der Waals surface area contributed by atoms with Gasteiger partial charge in [-0.1, -0.05) is 6.07 Å². The van der Waals surface area contributed by atoms with Crippen molar-refractivity contribution < 1.29 is 4.79 Å². The number of halogens is 1. The lowest BCUT2D eigenvalue weighted by Gasteiger charge is -2.25. The van der Waals surface area contributed by atoms with Gasteiger partial charge in [0.1, 0.15) is 0 Å². The van der Waals surface area contributed by atoms with Gasteiger partial charge in [-0.3, -0.25) is 9.79 Å². The molecule has 1 aromatic heterocycles. The van der Waals surface area contributed by atoms with Crippen molar-refractivity contribution in [1.29, 1.82) is 0 Å². The molecule has 2 N–H and O–H groups in total. The number of rotatable bonds is 8. The molecular weight excluding hydrogens is 435 g/mol. The first-order valence-electron chi connectivity index (χ1n) is 8.20. The van der Waals surface area contributed by atoms with Crippen molar-refractivity contribution in [3.63, 3.8) is 0 Å². The molecule has 0 atom stereocenters. The molecule has 0 aliphatic heterocycles. The van der Waals surface area contributed by atoms with Crippen LogP contribution in [0.1, 0.15) is 32.6 Å². The van der Waals surface area contributed by atoms with Crippen LogP contribution in [0.25, 0.3) is 0 Å². The van der Waals surface area contributed by atoms with Crippen molar-refractivity contribution in [1.82, 2.24) is 15.5 Å². The molecule has 1 amide bonds. The fraction of sp³-hybridized carbons (Fsp3) is 0.647. The fourth-order valence-corrected chi connectivity index (χ4v) is 2.75. The summed E-state index contributed by atoms with van der Waals surface area (Å²) in [6.45, 7) is 10.7. The third-order valence-corrected chi connectivity index (χ3v) is 4.48. The smallest absolute Gasteiger partial charge is 0.227 e. The van der Waals surface area contributed by atoms with E-state index in [9.17, 15) is 4.79 Å². The first-order chi connectivity index (χ1) is 10.9. The molecule has 5 nitrogen and oxygen atoms in total. The van der Waals surface area contributed by atoms with Gasteiger partial charge in [0.15, 0.2) is 5.96 Å². The number of hydrogen-bond acceptors (Lipinski definition) is 3. The third-order valence-electron chi connectivity index (χ3n) is 3.55. The Morgan fingerprint density at radius 3 is 2.50 bits per heavy atom. The van der Waals surface area contributed by atoms with Crippen LogP contribution < -0.4 is 10.6 Å². The van der Waals surface area contributed by atoms with Gasteiger partial charge < -0.3 is 15.5 Å². The molecule has 7 heteroatoms. The Balaban J connectivity index is 0.00000529. The molecule has 0 bridgehead atoms. The average Bonchev–Trinajstić information content (AvgIpc) is 3.02. The minimum Gasteiger partial charge on any atom is -0.357 e. The van der Waals surface area contributed by atoms with E-state index in [1.807, 2.05) is 27.8 Å². The molecule has 0 saturated carbocycles. The van der Waals surface area contributed by atoms with E-state index >= 15 is 0 Å². The minimum absolute atomic E-state index is 0. The Labute approximate surface area is 167 Å². The Morgan fingerprint density at radius 1 is 1.29 bits per heavy atom. The van der Waals surface area contributed by atoms with Gasteiger partial charge in [0.05, 0.1) is 12.0 Å². The summed E-state index contributed by atoms with van der Waals surface area (Å²) in [6.07, 6.45) is 0.998. The van der Waals surface area contributed by atoms with E-state index < -0.39 is 5.41 Å². The lowest BCUT2D eigenvalue weighted by Crippen LogP contribution is -2.42. The summed E-state index contributed by atoms with van der Waals surface area (Å²) in [5.74, 6) is 0.891. The molecule has 24 heavy (non-hydrogen) atoms. The largest absolute Gasteiger partial charge is 0.357 e. The highest BCUT2D eigenvalue weighted by molar-refractivity contribution is 14.0. The molecule has 1 heterocycles. The number of aliphatic imine (C=N–C) groups is 1. The predicted octanol–water partition coefficient (Wildman–Crippen LogP) is 2.97. The van der Waals surface area contributed by atoms with Gasteiger partial charge in [-0.15, -0.1) is 35.3 Å². The molecule has 0 fully saturated rings. The molecule has 1 aromatic rings. The number of carbonyl (C=O) groups is 1. The number of carbonyl (C=O) groups excluding carboxylic acids is 1. The highest BCUT2D eigenvalue weighted by atomic mass is 127. The summed E-state index contributed by atoms with van der Waals surface area (Å²) in [4.78, 5) is 20.2. The average molecular weight is 466 g/mol. The van der Waals surface area contributed by atoms with Gasteiger partial charge in [0.25, 0.3) is 0 Å². The van der Waals surface area contributed by atoms with Gasteiger partial charge in [0, 0.05) is 31.6 Å². The zero-order chi connectivity index (χ0) is 17.3. The maximum absolute atomic E-state index is 12.1. The van der Waals surface area contributed by atoms with Crippen molar-refractivity contribution in [2.24, 2.45) is 10.4 Å². The van der Waals surface area contributed by atoms with Crippen molar-refractivity contribution in [2.75, 3.05) is 33.2 Å². The second kappa shape index (κ2) is 11.7. The third kappa shape index (κ3) is 7.83. The molecule has 0 saturated heterocycles. The minimum atomic E-state index is -0.509. The van der Waals surface area contributed by atoms with Crippen LogP contribution in [0.5, 0.6) is 0 Å². The molecule has 1 rings (SSSR count).